The fraction of sp³-hybridized carbons (Fsp3) is 0.923. The molecular weight excluding hydrogens is 218 g/mol. The molecule has 2 bridgehead atoms. The molecule has 0 radical (unpaired) electrons. The number of nitrogens with one attached hydrogen (secondary N) is 1. The molecule has 0 spiro atoms. The van der Waals surface area contributed by atoms with Crippen molar-refractivity contribution in [3.63, 3.8) is 0 Å². The minimum Gasteiger partial charge on any atom is -0.481 e. The molecule has 2 fully saturated rings. The standard InChI is InChI=1S/C13H23NO3/c1-8(2)17-6-5-14-12-10-4-3-9(7-10)11(12)13(15)16/h8-12,14H,3-7H2,1-2H3,(H,15,16). The molecule has 2 N–H and O–H groups in total. The molecular formula is C13H23NO3. The second-order valence-electron chi connectivity index (χ2n) is 5.60. The van der Waals surface area contributed by atoms with Crippen LogP contribution < -0.4 is 5.32 Å². The van der Waals surface area contributed by atoms with Crippen molar-refractivity contribution in [2.45, 2.75) is 45.3 Å². The van der Waals surface area contributed by atoms with E-state index < -0.39 is 5.97 Å². The van der Waals surface area contributed by atoms with Gasteiger partial charge in [0.2, 0.25) is 0 Å². The first-order valence-electron chi connectivity index (χ1n) is 6.67. The second kappa shape index (κ2) is 5.36. The summed E-state index contributed by atoms with van der Waals surface area (Å²) in [5.41, 5.74) is 0. The summed E-state index contributed by atoms with van der Waals surface area (Å²) in [5, 5.41) is 12.7. The average Bonchev–Trinajstić information content (AvgIpc) is 2.83. The summed E-state index contributed by atoms with van der Waals surface area (Å²) in [4.78, 5) is 11.3. The summed E-state index contributed by atoms with van der Waals surface area (Å²) in [7, 11) is 0. The first-order valence-corrected chi connectivity index (χ1v) is 6.67. The van der Waals surface area contributed by atoms with Crippen molar-refractivity contribution < 1.29 is 14.6 Å². The Morgan fingerprint density at radius 3 is 2.76 bits per heavy atom. The fourth-order valence-electron chi connectivity index (χ4n) is 3.46. The average molecular weight is 241 g/mol. The summed E-state index contributed by atoms with van der Waals surface area (Å²) >= 11 is 0. The molecule has 4 atom stereocenters. The lowest BCUT2D eigenvalue weighted by Crippen LogP contribution is -2.45. The molecule has 2 saturated carbocycles. The molecule has 17 heavy (non-hydrogen) atoms. The van der Waals surface area contributed by atoms with Crippen molar-refractivity contribution in [3.05, 3.63) is 0 Å². The topological polar surface area (TPSA) is 58.6 Å². The van der Waals surface area contributed by atoms with Crippen molar-refractivity contribution in [2.24, 2.45) is 17.8 Å². The van der Waals surface area contributed by atoms with E-state index in [0.29, 0.717) is 18.4 Å². The number of hydrogen-bond acceptors (Lipinski definition) is 3. The number of carboxylic acids is 1. The van der Waals surface area contributed by atoms with E-state index in [1.807, 2.05) is 13.8 Å². The highest BCUT2D eigenvalue weighted by Gasteiger charge is 2.50. The van der Waals surface area contributed by atoms with Gasteiger partial charge in [-0.25, -0.2) is 0 Å². The van der Waals surface area contributed by atoms with Crippen LogP contribution in [0.2, 0.25) is 0 Å². The highest BCUT2D eigenvalue weighted by molar-refractivity contribution is 5.72. The molecule has 2 aliphatic carbocycles. The summed E-state index contributed by atoms with van der Waals surface area (Å²) in [5.74, 6) is 0.174. The van der Waals surface area contributed by atoms with Crippen molar-refractivity contribution in [1.29, 1.82) is 0 Å². The maximum Gasteiger partial charge on any atom is 0.308 e. The Labute approximate surface area is 103 Å². The van der Waals surface area contributed by atoms with Crippen LogP contribution in [0.3, 0.4) is 0 Å². The Kier molecular flexibility index (Phi) is 4.05. The molecule has 2 rings (SSSR count). The highest BCUT2D eigenvalue weighted by atomic mass is 16.5. The van der Waals surface area contributed by atoms with E-state index in [-0.39, 0.29) is 18.1 Å². The van der Waals surface area contributed by atoms with Crippen LogP contribution in [-0.2, 0) is 9.53 Å². The Morgan fingerprint density at radius 1 is 1.41 bits per heavy atom. The fourth-order valence-corrected chi connectivity index (χ4v) is 3.46. The lowest BCUT2D eigenvalue weighted by atomic mass is 9.84. The first-order chi connectivity index (χ1) is 8.09. The number of fused-ring (bicyclic) bond motifs is 2. The lowest BCUT2D eigenvalue weighted by molar-refractivity contribution is -0.144. The van der Waals surface area contributed by atoms with E-state index in [0.717, 1.165) is 19.4 Å². The van der Waals surface area contributed by atoms with Crippen LogP contribution in [-0.4, -0.2) is 36.4 Å². The van der Waals surface area contributed by atoms with E-state index in [9.17, 15) is 9.90 Å². The predicted octanol–water partition coefficient (Wildman–Crippen LogP) is 1.50. The molecule has 0 aromatic heterocycles. The minimum absolute atomic E-state index is 0.169. The Bertz CT molecular complexity index is 280. The van der Waals surface area contributed by atoms with E-state index in [2.05, 4.69) is 5.32 Å². The second-order valence-corrected chi connectivity index (χ2v) is 5.60. The highest BCUT2D eigenvalue weighted by Crippen LogP contribution is 2.48. The van der Waals surface area contributed by atoms with Crippen molar-refractivity contribution in [1.82, 2.24) is 5.32 Å². The number of carbonyl (C=O) groups is 1. The van der Waals surface area contributed by atoms with Crippen LogP contribution in [0.5, 0.6) is 0 Å². The monoisotopic (exact) mass is 241 g/mol. The zero-order valence-electron chi connectivity index (χ0n) is 10.7. The van der Waals surface area contributed by atoms with Crippen LogP contribution in [0.4, 0.5) is 0 Å². The molecule has 0 aromatic rings. The number of carboxylic acid groups (broad SMARTS) is 1. The van der Waals surface area contributed by atoms with Gasteiger partial charge in [-0.05, 0) is 44.9 Å². The molecule has 4 nitrogen and oxygen atoms in total. The van der Waals surface area contributed by atoms with Gasteiger partial charge in [0.1, 0.15) is 0 Å². The Balaban J connectivity index is 1.80. The van der Waals surface area contributed by atoms with Crippen LogP contribution in [0, 0.1) is 17.8 Å². The zero-order chi connectivity index (χ0) is 12.4. The maximum absolute atomic E-state index is 11.3. The number of hydrogen-bond donors (Lipinski definition) is 2. The van der Waals surface area contributed by atoms with Crippen molar-refractivity contribution in [2.75, 3.05) is 13.2 Å². The van der Waals surface area contributed by atoms with Gasteiger partial charge in [0, 0.05) is 12.6 Å². The maximum atomic E-state index is 11.3. The summed E-state index contributed by atoms with van der Waals surface area (Å²) in [6.07, 6.45) is 3.63. The lowest BCUT2D eigenvalue weighted by Gasteiger charge is -2.29. The molecule has 4 unspecified atom stereocenters. The van der Waals surface area contributed by atoms with Crippen molar-refractivity contribution in [3.8, 4) is 0 Å². The van der Waals surface area contributed by atoms with Gasteiger partial charge in [0.05, 0.1) is 18.6 Å². The van der Waals surface area contributed by atoms with E-state index in [1.54, 1.807) is 0 Å². The Morgan fingerprint density at radius 2 is 2.12 bits per heavy atom. The van der Waals surface area contributed by atoms with Gasteiger partial charge in [-0.2, -0.15) is 0 Å². The van der Waals surface area contributed by atoms with Gasteiger partial charge in [-0.3, -0.25) is 4.79 Å². The van der Waals surface area contributed by atoms with E-state index >= 15 is 0 Å². The summed E-state index contributed by atoms with van der Waals surface area (Å²) in [6.45, 7) is 5.45. The summed E-state index contributed by atoms with van der Waals surface area (Å²) < 4.78 is 5.47. The van der Waals surface area contributed by atoms with E-state index in [4.69, 9.17) is 4.74 Å². The first kappa shape index (κ1) is 12.8. The predicted molar refractivity (Wildman–Crippen MR) is 64.8 cm³/mol. The molecule has 98 valence electrons. The van der Waals surface area contributed by atoms with Crippen LogP contribution >= 0.6 is 0 Å². The molecule has 0 amide bonds. The molecule has 0 aliphatic heterocycles. The third kappa shape index (κ3) is 2.80. The normalized spacial score (nSPS) is 35.7. The largest absolute Gasteiger partial charge is 0.481 e. The number of ether oxygens (including phenoxy) is 1. The molecule has 0 aromatic carbocycles. The number of aliphatic carboxylic acids is 1. The van der Waals surface area contributed by atoms with Crippen LogP contribution in [0.1, 0.15) is 33.1 Å². The zero-order valence-corrected chi connectivity index (χ0v) is 10.7. The van der Waals surface area contributed by atoms with Crippen LogP contribution in [0.25, 0.3) is 0 Å². The third-order valence-electron chi connectivity index (χ3n) is 4.13. The van der Waals surface area contributed by atoms with Gasteiger partial charge in [-0.15, -0.1) is 0 Å². The molecule has 4 heteroatoms. The SMILES string of the molecule is CC(C)OCCNC1C2CCC(C2)C1C(=O)O. The third-order valence-corrected chi connectivity index (χ3v) is 4.13. The van der Waals surface area contributed by atoms with Gasteiger partial charge in [0.15, 0.2) is 0 Å². The molecule has 0 saturated heterocycles. The minimum atomic E-state index is -0.625. The number of rotatable bonds is 6. The quantitative estimate of drug-likeness (QED) is 0.692. The van der Waals surface area contributed by atoms with Gasteiger partial charge in [-0.1, -0.05) is 0 Å². The van der Waals surface area contributed by atoms with E-state index in [1.165, 1.54) is 6.42 Å². The molecule has 2 aliphatic rings. The van der Waals surface area contributed by atoms with Gasteiger partial charge in [0.25, 0.3) is 0 Å². The van der Waals surface area contributed by atoms with Crippen LogP contribution in [0.15, 0.2) is 0 Å². The van der Waals surface area contributed by atoms with Gasteiger partial charge >= 0.3 is 5.97 Å². The van der Waals surface area contributed by atoms with Gasteiger partial charge < -0.3 is 15.2 Å². The Hall–Kier alpha value is -0.610. The van der Waals surface area contributed by atoms with Crippen molar-refractivity contribution >= 4 is 5.97 Å². The smallest absolute Gasteiger partial charge is 0.308 e. The molecule has 0 heterocycles. The summed E-state index contributed by atoms with van der Waals surface area (Å²) in [6, 6.07) is 0.169.